The quantitative estimate of drug-likeness (QED) is 0.0261. The van der Waals surface area contributed by atoms with Crippen molar-refractivity contribution in [3.8, 4) is 0 Å². The number of ether oxygens (including phenoxy) is 3. The molecule has 0 aliphatic heterocycles. The summed E-state index contributed by atoms with van der Waals surface area (Å²) in [7, 11) is 0. The summed E-state index contributed by atoms with van der Waals surface area (Å²) in [5, 5.41) is 0. The van der Waals surface area contributed by atoms with Gasteiger partial charge in [-0.2, -0.15) is 0 Å². The average molecular weight is 1120 g/mol. The molecule has 0 bridgehead atoms. The fraction of sp³-hybridized carbons (Fsp3) is 0.770. The van der Waals surface area contributed by atoms with Crippen LogP contribution in [0.15, 0.2) is 85.1 Å². The fourth-order valence-corrected chi connectivity index (χ4v) is 10.0. The molecule has 0 heterocycles. The molecule has 0 spiro atoms. The Balaban J connectivity index is 4.00. The molecule has 0 amide bonds. The van der Waals surface area contributed by atoms with Crippen molar-refractivity contribution in [3.05, 3.63) is 85.1 Å². The minimum Gasteiger partial charge on any atom is -0.462 e. The second-order valence-corrected chi connectivity index (χ2v) is 23.1. The van der Waals surface area contributed by atoms with Gasteiger partial charge in [0.1, 0.15) is 13.2 Å². The number of carbonyl (C=O) groups excluding carboxylic acids is 3. The lowest BCUT2D eigenvalue weighted by atomic mass is 10.0. The molecular weight excluding hydrogens is 985 g/mol. The molecule has 6 heteroatoms. The van der Waals surface area contributed by atoms with Gasteiger partial charge in [0.25, 0.3) is 0 Å². The van der Waals surface area contributed by atoms with E-state index in [1.165, 1.54) is 193 Å². The van der Waals surface area contributed by atoms with Gasteiger partial charge in [-0.15, -0.1) is 0 Å². The highest BCUT2D eigenvalue weighted by molar-refractivity contribution is 5.71. The lowest BCUT2D eigenvalue weighted by molar-refractivity contribution is -0.167. The highest BCUT2D eigenvalue weighted by Crippen LogP contribution is 2.18. The summed E-state index contributed by atoms with van der Waals surface area (Å²) in [6, 6.07) is 0. The fourth-order valence-electron chi connectivity index (χ4n) is 10.0. The Bertz CT molecular complexity index is 1520. The molecule has 0 fully saturated rings. The molecule has 1 unspecified atom stereocenters. The Morgan fingerprint density at radius 3 is 0.762 bits per heavy atom. The van der Waals surface area contributed by atoms with E-state index in [1.54, 1.807) is 0 Å². The maximum atomic E-state index is 12.8. The molecule has 0 N–H and O–H groups in total. The molecule has 0 saturated carbocycles. The highest BCUT2D eigenvalue weighted by Gasteiger charge is 2.19. The average Bonchev–Trinajstić information content (AvgIpc) is 3.46. The zero-order chi connectivity index (χ0) is 57.8. The van der Waals surface area contributed by atoms with Crippen LogP contribution in [0.5, 0.6) is 0 Å². The van der Waals surface area contributed by atoms with E-state index in [0.29, 0.717) is 12.8 Å². The Morgan fingerprint density at radius 1 is 0.263 bits per heavy atom. The summed E-state index contributed by atoms with van der Waals surface area (Å²) < 4.78 is 16.8. The van der Waals surface area contributed by atoms with Crippen molar-refractivity contribution in [2.75, 3.05) is 13.2 Å². The molecule has 0 aromatic heterocycles. The lowest BCUT2D eigenvalue weighted by Gasteiger charge is -2.18. The zero-order valence-electron chi connectivity index (χ0n) is 53.1. The molecule has 6 nitrogen and oxygen atoms in total. The Hall–Kier alpha value is -3.41. The van der Waals surface area contributed by atoms with Crippen LogP contribution in [0.4, 0.5) is 0 Å². The van der Waals surface area contributed by atoms with Gasteiger partial charge >= 0.3 is 17.9 Å². The standard InChI is InChI=1S/C74H130O6/c1-4-7-10-13-15-17-19-21-23-25-27-29-31-33-34-35-36-37-38-39-41-42-44-46-48-50-52-54-56-58-61-64-67-73(76)79-70-71(69-78-72(75)66-63-60-12-9-6-3)80-74(77)68-65-62-59-57-55-53-51-49-47-45-43-40-32-30-28-26-24-22-20-18-16-14-11-8-5-2/h8,11,16,18,22,24,28,30,40,43,47,49,53,55,71H,4-7,9-10,12-15,17,19-21,23,25-27,29,31-39,41-42,44-46,48,50-52,54,56-70H2,1-3H3/b11-8-,18-16-,24-22-,30-28-,43-40-,49-47-,55-53-. The molecule has 0 aliphatic rings. The Labute approximate surface area is 496 Å². The van der Waals surface area contributed by atoms with Gasteiger partial charge in [0, 0.05) is 19.3 Å². The third-order valence-corrected chi connectivity index (χ3v) is 15.2. The molecule has 0 rings (SSSR count). The summed E-state index contributed by atoms with van der Waals surface area (Å²) in [5.74, 6) is -0.923. The van der Waals surface area contributed by atoms with E-state index in [2.05, 4.69) is 106 Å². The van der Waals surface area contributed by atoms with Crippen LogP contribution >= 0.6 is 0 Å². The van der Waals surface area contributed by atoms with Crippen molar-refractivity contribution < 1.29 is 28.6 Å². The van der Waals surface area contributed by atoms with Crippen LogP contribution in [-0.2, 0) is 28.6 Å². The number of rotatable bonds is 63. The number of hydrogen-bond donors (Lipinski definition) is 0. The van der Waals surface area contributed by atoms with Gasteiger partial charge in [-0.3, -0.25) is 14.4 Å². The number of unbranched alkanes of at least 4 members (excludes halogenated alkanes) is 38. The van der Waals surface area contributed by atoms with Gasteiger partial charge in [0.05, 0.1) is 0 Å². The molecule has 462 valence electrons. The number of hydrogen-bond acceptors (Lipinski definition) is 6. The van der Waals surface area contributed by atoms with Crippen molar-refractivity contribution in [1.29, 1.82) is 0 Å². The molecule has 80 heavy (non-hydrogen) atoms. The van der Waals surface area contributed by atoms with Crippen molar-refractivity contribution in [3.63, 3.8) is 0 Å². The van der Waals surface area contributed by atoms with Crippen LogP contribution in [-0.4, -0.2) is 37.2 Å². The van der Waals surface area contributed by atoms with Crippen LogP contribution in [0.3, 0.4) is 0 Å². The number of esters is 3. The van der Waals surface area contributed by atoms with E-state index < -0.39 is 6.10 Å². The molecule has 0 saturated heterocycles. The van der Waals surface area contributed by atoms with Gasteiger partial charge in [-0.25, -0.2) is 0 Å². The topological polar surface area (TPSA) is 78.9 Å². The van der Waals surface area contributed by atoms with E-state index in [1.807, 2.05) is 0 Å². The maximum Gasteiger partial charge on any atom is 0.306 e. The predicted octanol–water partition coefficient (Wildman–Crippen LogP) is 23.8. The minimum atomic E-state index is -0.791. The summed E-state index contributed by atoms with van der Waals surface area (Å²) in [6.07, 6.45) is 91.1. The summed E-state index contributed by atoms with van der Waals surface area (Å²) in [5.41, 5.74) is 0. The van der Waals surface area contributed by atoms with Crippen LogP contribution in [0.1, 0.15) is 348 Å². The zero-order valence-corrected chi connectivity index (χ0v) is 53.1. The van der Waals surface area contributed by atoms with E-state index in [-0.39, 0.29) is 37.5 Å². The van der Waals surface area contributed by atoms with Crippen LogP contribution in [0, 0.1) is 0 Å². The minimum absolute atomic E-state index is 0.0878. The van der Waals surface area contributed by atoms with Gasteiger partial charge in [0.15, 0.2) is 6.10 Å². The van der Waals surface area contributed by atoms with Crippen LogP contribution in [0.2, 0.25) is 0 Å². The molecule has 0 aliphatic carbocycles. The van der Waals surface area contributed by atoms with Crippen LogP contribution < -0.4 is 0 Å². The molecular formula is C74H130O6. The van der Waals surface area contributed by atoms with Gasteiger partial charge in [-0.05, 0) is 77.0 Å². The second kappa shape index (κ2) is 68.1. The number of allylic oxidation sites excluding steroid dienone is 14. The highest BCUT2D eigenvalue weighted by atomic mass is 16.6. The Morgan fingerprint density at radius 2 is 0.487 bits per heavy atom. The monoisotopic (exact) mass is 1110 g/mol. The number of carbonyl (C=O) groups is 3. The van der Waals surface area contributed by atoms with E-state index in [9.17, 15) is 14.4 Å². The first-order chi connectivity index (χ1) is 39.5. The van der Waals surface area contributed by atoms with Gasteiger partial charge in [0.2, 0.25) is 0 Å². The lowest BCUT2D eigenvalue weighted by Crippen LogP contribution is -2.30. The van der Waals surface area contributed by atoms with Gasteiger partial charge in [-0.1, -0.05) is 337 Å². The van der Waals surface area contributed by atoms with E-state index in [4.69, 9.17) is 14.2 Å². The van der Waals surface area contributed by atoms with E-state index >= 15 is 0 Å². The summed E-state index contributed by atoms with van der Waals surface area (Å²) in [6.45, 7) is 6.45. The van der Waals surface area contributed by atoms with E-state index in [0.717, 1.165) is 116 Å². The first kappa shape index (κ1) is 76.6. The molecule has 0 radical (unpaired) electrons. The predicted molar refractivity (Wildman–Crippen MR) is 348 cm³/mol. The normalized spacial score (nSPS) is 12.6. The molecule has 0 aromatic rings. The van der Waals surface area contributed by atoms with Crippen molar-refractivity contribution in [2.45, 2.75) is 354 Å². The first-order valence-corrected chi connectivity index (χ1v) is 34.6. The van der Waals surface area contributed by atoms with Crippen molar-refractivity contribution in [2.24, 2.45) is 0 Å². The van der Waals surface area contributed by atoms with Crippen molar-refractivity contribution in [1.82, 2.24) is 0 Å². The third kappa shape index (κ3) is 65.4. The third-order valence-electron chi connectivity index (χ3n) is 15.2. The Kier molecular flexibility index (Phi) is 65.2. The largest absolute Gasteiger partial charge is 0.462 e. The summed E-state index contributed by atoms with van der Waals surface area (Å²) >= 11 is 0. The second-order valence-electron chi connectivity index (χ2n) is 23.1. The molecule has 0 aromatic carbocycles. The first-order valence-electron chi connectivity index (χ1n) is 34.6. The smallest absolute Gasteiger partial charge is 0.306 e. The van der Waals surface area contributed by atoms with Crippen molar-refractivity contribution >= 4 is 17.9 Å². The maximum absolute atomic E-state index is 12.8. The van der Waals surface area contributed by atoms with Crippen LogP contribution in [0.25, 0.3) is 0 Å². The SMILES string of the molecule is CC/C=C\C/C=C\C/C=C\C/C=C\C/C=C\C/C=C\C/C=C\CCCCCC(=O)OC(COC(=O)CCCCCCC)COC(=O)CCCCCCCCCCCCCCCCCCCCCCCCCCCCCCCCCC. The van der Waals surface area contributed by atoms with Gasteiger partial charge < -0.3 is 14.2 Å². The molecule has 1 atom stereocenters. The summed E-state index contributed by atoms with van der Waals surface area (Å²) in [4.78, 5) is 38.0.